The zero-order valence-corrected chi connectivity index (χ0v) is 14.6. The van der Waals surface area contributed by atoms with Crippen molar-refractivity contribution in [3.63, 3.8) is 0 Å². The molecule has 0 aliphatic carbocycles. The van der Waals surface area contributed by atoms with Gasteiger partial charge in [0.25, 0.3) is 0 Å². The second-order valence-electron chi connectivity index (χ2n) is 6.26. The lowest BCUT2D eigenvalue weighted by Crippen LogP contribution is -2.47. The van der Waals surface area contributed by atoms with Crippen molar-refractivity contribution in [2.75, 3.05) is 32.4 Å². The van der Waals surface area contributed by atoms with Crippen LogP contribution in [0.15, 0.2) is 4.99 Å². The highest BCUT2D eigenvalue weighted by Gasteiger charge is 2.24. The number of carbonyl (C=O) groups excluding carboxylic acids is 1. The van der Waals surface area contributed by atoms with E-state index in [2.05, 4.69) is 37.2 Å². The minimum atomic E-state index is -0.202. The van der Waals surface area contributed by atoms with E-state index in [1.54, 1.807) is 0 Å². The normalized spacial score (nSPS) is 20.5. The van der Waals surface area contributed by atoms with Crippen molar-refractivity contribution in [1.29, 1.82) is 0 Å². The largest absolute Gasteiger partial charge is 0.370 e. The first-order chi connectivity index (χ1) is 9.88. The van der Waals surface area contributed by atoms with Gasteiger partial charge in [-0.15, -0.1) is 0 Å². The van der Waals surface area contributed by atoms with E-state index in [0.717, 1.165) is 45.0 Å². The Morgan fingerprint density at radius 3 is 2.81 bits per heavy atom. The maximum Gasteiger partial charge on any atom is 0.217 e. The lowest BCUT2D eigenvalue weighted by Gasteiger charge is -2.35. The number of aliphatic imine (C=N–C) groups is 1. The van der Waals surface area contributed by atoms with Gasteiger partial charge in [-0.1, -0.05) is 0 Å². The number of primary amides is 1. The number of nitrogens with one attached hydrogen (secondary N) is 1. The molecule has 1 aliphatic heterocycles. The van der Waals surface area contributed by atoms with Gasteiger partial charge in [0.15, 0.2) is 5.96 Å². The molecule has 0 radical (unpaired) electrons. The van der Waals surface area contributed by atoms with E-state index in [1.807, 2.05) is 11.8 Å². The molecule has 0 aromatic carbocycles. The summed E-state index contributed by atoms with van der Waals surface area (Å²) in [6, 6.07) is 0. The molecular weight excluding hydrogens is 284 g/mol. The van der Waals surface area contributed by atoms with Gasteiger partial charge in [-0.2, -0.15) is 11.8 Å². The number of likely N-dealkylation sites (tertiary alicyclic amines) is 1. The third-order valence-corrected chi connectivity index (χ3v) is 5.04. The number of amides is 1. The van der Waals surface area contributed by atoms with Crippen molar-refractivity contribution in [2.24, 2.45) is 16.6 Å². The molecule has 21 heavy (non-hydrogen) atoms. The molecular formula is C15H30N4OS. The van der Waals surface area contributed by atoms with Crippen molar-refractivity contribution < 1.29 is 4.79 Å². The summed E-state index contributed by atoms with van der Waals surface area (Å²) in [7, 11) is 0. The van der Waals surface area contributed by atoms with Crippen LogP contribution < -0.4 is 11.1 Å². The van der Waals surface area contributed by atoms with E-state index in [4.69, 9.17) is 10.7 Å². The van der Waals surface area contributed by atoms with E-state index in [-0.39, 0.29) is 10.7 Å². The number of nitrogens with two attached hydrogens (primary N) is 1. The van der Waals surface area contributed by atoms with Crippen molar-refractivity contribution in [3.8, 4) is 0 Å². The molecule has 1 unspecified atom stereocenters. The lowest BCUT2D eigenvalue weighted by atomic mass is 9.95. The van der Waals surface area contributed by atoms with E-state index in [9.17, 15) is 4.79 Å². The summed E-state index contributed by atoms with van der Waals surface area (Å²) < 4.78 is 0.142. The Morgan fingerprint density at radius 2 is 2.24 bits per heavy atom. The van der Waals surface area contributed by atoms with E-state index in [0.29, 0.717) is 12.3 Å². The predicted octanol–water partition coefficient (Wildman–Crippen LogP) is 1.68. The van der Waals surface area contributed by atoms with Gasteiger partial charge in [0.05, 0.1) is 6.54 Å². The number of rotatable bonds is 6. The number of piperidine rings is 1. The molecule has 1 fully saturated rings. The Bertz CT molecular complexity index is 371. The highest BCUT2D eigenvalue weighted by molar-refractivity contribution is 7.99. The fourth-order valence-corrected chi connectivity index (χ4v) is 2.66. The van der Waals surface area contributed by atoms with Gasteiger partial charge >= 0.3 is 0 Å². The van der Waals surface area contributed by atoms with Crippen LogP contribution in [0.3, 0.4) is 0 Å². The molecule has 1 heterocycles. The Kier molecular flexibility index (Phi) is 7.35. The topological polar surface area (TPSA) is 70.7 Å². The van der Waals surface area contributed by atoms with Crippen LogP contribution in [0.2, 0.25) is 0 Å². The molecule has 3 N–H and O–H groups in total. The molecule has 6 heteroatoms. The zero-order chi connectivity index (χ0) is 15.9. The standard InChI is InChI=1S/C15H30N4OS/c1-5-17-14(18-11-15(2,3)21-4)19-8-6-7-12(10-19)9-13(16)20/h12H,5-11H2,1-4H3,(H2,16,20)(H,17,18). The number of nitrogens with zero attached hydrogens (tertiary/aromatic N) is 2. The van der Waals surface area contributed by atoms with Gasteiger partial charge in [-0.25, -0.2) is 0 Å². The SMILES string of the molecule is CCNC(=NCC(C)(C)SC)N1CCCC(CC(N)=O)C1. The molecule has 1 saturated heterocycles. The molecule has 1 atom stereocenters. The molecule has 0 aromatic heterocycles. The molecule has 0 aromatic rings. The average Bonchev–Trinajstić information content (AvgIpc) is 2.43. The summed E-state index contributed by atoms with van der Waals surface area (Å²) in [6.45, 7) is 10.0. The van der Waals surface area contributed by atoms with Crippen LogP contribution in [-0.2, 0) is 4.79 Å². The first kappa shape index (κ1) is 18.1. The van der Waals surface area contributed by atoms with Crippen molar-refractivity contribution in [3.05, 3.63) is 0 Å². The van der Waals surface area contributed by atoms with Crippen LogP contribution in [0.1, 0.15) is 40.0 Å². The Morgan fingerprint density at radius 1 is 1.52 bits per heavy atom. The summed E-state index contributed by atoms with van der Waals surface area (Å²) in [4.78, 5) is 18.2. The minimum Gasteiger partial charge on any atom is -0.370 e. The van der Waals surface area contributed by atoms with Crippen LogP contribution >= 0.6 is 11.8 Å². The fraction of sp³-hybridized carbons (Fsp3) is 0.867. The van der Waals surface area contributed by atoms with Gasteiger partial charge in [-0.3, -0.25) is 9.79 Å². The maximum absolute atomic E-state index is 11.1. The maximum atomic E-state index is 11.1. The second kappa shape index (κ2) is 8.51. The monoisotopic (exact) mass is 314 g/mol. The average molecular weight is 314 g/mol. The molecule has 5 nitrogen and oxygen atoms in total. The Labute approximate surface area is 133 Å². The van der Waals surface area contributed by atoms with E-state index in [1.165, 1.54) is 0 Å². The highest BCUT2D eigenvalue weighted by Crippen LogP contribution is 2.22. The number of hydrogen-bond acceptors (Lipinski definition) is 3. The van der Waals surface area contributed by atoms with Gasteiger partial charge in [0.1, 0.15) is 0 Å². The van der Waals surface area contributed by atoms with Crippen molar-refractivity contribution in [1.82, 2.24) is 10.2 Å². The van der Waals surface area contributed by atoms with Crippen LogP contribution in [0.5, 0.6) is 0 Å². The van der Waals surface area contributed by atoms with Crippen molar-refractivity contribution in [2.45, 2.75) is 44.8 Å². The lowest BCUT2D eigenvalue weighted by molar-refractivity contribution is -0.119. The first-order valence-corrected chi connectivity index (χ1v) is 8.97. The van der Waals surface area contributed by atoms with Gasteiger partial charge in [-0.05, 0) is 45.8 Å². The number of hydrogen-bond donors (Lipinski definition) is 2. The first-order valence-electron chi connectivity index (χ1n) is 7.74. The molecule has 122 valence electrons. The van der Waals surface area contributed by atoms with Crippen molar-refractivity contribution >= 4 is 23.6 Å². The second-order valence-corrected chi connectivity index (χ2v) is 7.77. The summed E-state index contributed by atoms with van der Waals surface area (Å²) in [6.07, 6.45) is 4.77. The molecule has 0 bridgehead atoms. The zero-order valence-electron chi connectivity index (χ0n) is 13.8. The summed E-state index contributed by atoms with van der Waals surface area (Å²) in [5, 5.41) is 3.37. The minimum absolute atomic E-state index is 0.142. The van der Waals surface area contributed by atoms with Gasteiger partial charge in [0, 0.05) is 30.8 Å². The third-order valence-electron chi connectivity index (χ3n) is 3.81. The summed E-state index contributed by atoms with van der Waals surface area (Å²) >= 11 is 1.83. The van der Waals surface area contributed by atoms with E-state index >= 15 is 0 Å². The fourth-order valence-electron chi connectivity index (χ4n) is 2.46. The van der Waals surface area contributed by atoms with Crippen LogP contribution in [0.25, 0.3) is 0 Å². The third kappa shape index (κ3) is 6.59. The Hall–Kier alpha value is -0.910. The molecule has 1 aliphatic rings. The number of carbonyl (C=O) groups is 1. The smallest absolute Gasteiger partial charge is 0.217 e. The van der Waals surface area contributed by atoms with Crippen LogP contribution in [-0.4, -0.2) is 53.9 Å². The summed E-state index contributed by atoms with van der Waals surface area (Å²) in [5.74, 6) is 1.12. The predicted molar refractivity (Wildman–Crippen MR) is 91.7 cm³/mol. The van der Waals surface area contributed by atoms with Crippen LogP contribution in [0.4, 0.5) is 0 Å². The molecule has 1 rings (SSSR count). The van der Waals surface area contributed by atoms with Crippen LogP contribution in [0, 0.1) is 5.92 Å². The summed E-state index contributed by atoms with van der Waals surface area (Å²) in [5.41, 5.74) is 5.33. The molecule has 0 spiro atoms. The molecule has 0 saturated carbocycles. The Balaban J connectivity index is 2.70. The number of thioether (sulfide) groups is 1. The van der Waals surface area contributed by atoms with E-state index < -0.39 is 0 Å². The number of guanidine groups is 1. The van der Waals surface area contributed by atoms with Gasteiger partial charge in [0.2, 0.25) is 5.91 Å². The highest BCUT2D eigenvalue weighted by atomic mass is 32.2. The molecule has 1 amide bonds. The quantitative estimate of drug-likeness (QED) is 0.578. The van der Waals surface area contributed by atoms with Gasteiger partial charge < -0.3 is 16.0 Å².